The predicted molar refractivity (Wildman–Crippen MR) is 61.2 cm³/mol. The highest BCUT2D eigenvalue weighted by molar-refractivity contribution is 6.01. The van der Waals surface area contributed by atoms with Gasteiger partial charge in [-0.2, -0.15) is 0 Å². The van der Waals surface area contributed by atoms with E-state index in [-0.39, 0.29) is 11.5 Å². The van der Waals surface area contributed by atoms with Crippen molar-refractivity contribution in [1.82, 2.24) is 9.88 Å². The molecule has 86 valence electrons. The van der Waals surface area contributed by atoms with Gasteiger partial charge in [0.05, 0.1) is 5.56 Å². The van der Waals surface area contributed by atoms with Crippen molar-refractivity contribution in [3.8, 4) is 0 Å². The van der Waals surface area contributed by atoms with Crippen molar-refractivity contribution in [2.24, 2.45) is 0 Å². The minimum Gasteiger partial charge on any atom is -0.478 e. The first-order valence-electron chi connectivity index (χ1n) is 5.31. The van der Waals surface area contributed by atoms with E-state index in [2.05, 4.69) is 5.32 Å². The second kappa shape index (κ2) is 3.35. The zero-order valence-corrected chi connectivity index (χ0v) is 8.93. The molecule has 0 spiro atoms. The highest BCUT2D eigenvalue weighted by Crippen LogP contribution is 2.22. The second-order valence-electron chi connectivity index (χ2n) is 4.02. The van der Waals surface area contributed by atoms with Crippen LogP contribution in [0, 0.1) is 0 Å². The number of rotatable bonds is 1. The van der Waals surface area contributed by atoms with E-state index in [1.807, 2.05) is 4.57 Å². The Balaban J connectivity index is 2.26. The lowest BCUT2D eigenvalue weighted by molar-refractivity contribution is 0.0696. The number of nitrogens with zero attached hydrogens (tertiary/aromatic N) is 1. The molecule has 0 bridgehead atoms. The molecular formula is C12H10N2O3. The Bertz CT molecular complexity index is 642. The molecule has 1 aliphatic rings. The van der Waals surface area contributed by atoms with Crippen LogP contribution in [-0.2, 0) is 6.54 Å². The topological polar surface area (TPSA) is 71.3 Å². The Hall–Kier alpha value is -2.30. The maximum atomic E-state index is 11.6. The molecule has 2 N–H and O–H groups in total. The highest BCUT2D eigenvalue weighted by atomic mass is 16.4. The zero-order chi connectivity index (χ0) is 12.0. The first-order chi connectivity index (χ1) is 8.16. The van der Waals surface area contributed by atoms with Crippen molar-refractivity contribution in [3.05, 3.63) is 35.5 Å². The Morgan fingerprint density at radius 3 is 2.94 bits per heavy atom. The third kappa shape index (κ3) is 1.39. The van der Waals surface area contributed by atoms with Gasteiger partial charge in [-0.05, 0) is 24.3 Å². The van der Waals surface area contributed by atoms with E-state index in [0.717, 1.165) is 17.4 Å². The molecule has 1 aromatic carbocycles. The zero-order valence-electron chi connectivity index (χ0n) is 8.93. The molecule has 5 heteroatoms. The van der Waals surface area contributed by atoms with Crippen molar-refractivity contribution in [3.63, 3.8) is 0 Å². The summed E-state index contributed by atoms with van der Waals surface area (Å²) >= 11 is 0. The van der Waals surface area contributed by atoms with Gasteiger partial charge in [-0.15, -0.1) is 0 Å². The quantitative estimate of drug-likeness (QED) is 0.770. The van der Waals surface area contributed by atoms with E-state index < -0.39 is 5.97 Å². The van der Waals surface area contributed by atoms with Crippen LogP contribution in [-0.4, -0.2) is 28.1 Å². The van der Waals surface area contributed by atoms with E-state index in [4.69, 9.17) is 5.11 Å². The van der Waals surface area contributed by atoms with Gasteiger partial charge < -0.3 is 15.0 Å². The van der Waals surface area contributed by atoms with Crippen LogP contribution in [0.5, 0.6) is 0 Å². The van der Waals surface area contributed by atoms with Crippen LogP contribution in [0.25, 0.3) is 10.9 Å². The molecule has 5 nitrogen and oxygen atoms in total. The van der Waals surface area contributed by atoms with Crippen molar-refractivity contribution in [1.29, 1.82) is 0 Å². The fourth-order valence-corrected chi connectivity index (χ4v) is 2.20. The average molecular weight is 230 g/mol. The normalized spacial score (nSPS) is 14.5. The molecule has 17 heavy (non-hydrogen) atoms. The van der Waals surface area contributed by atoms with E-state index in [9.17, 15) is 9.59 Å². The smallest absolute Gasteiger partial charge is 0.335 e. The maximum Gasteiger partial charge on any atom is 0.335 e. The molecule has 1 amide bonds. The highest BCUT2D eigenvalue weighted by Gasteiger charge is 2.19. The molecule has 0 aliphatic carbocycles. The van der Waals surface area contributed by atoms with Crippen molar-refractivity contribution in [2.45, 2.75) is 6.54 Å². The average Bonchev–Trinajstić information content (AvgIpc) is 2.68. The number of carbonyl (C=O) groups is 2. The van der Waals surface area contributed by atoms with Gasteiger partial charge in [-0.3, -0.25) is 4.79 Å². The molecule has 0 radical (unpaired) electrons. The minimum absolute atomic E-state index is 0.107. The molecule has 2 aromatic rings. The number of carboxylic acids is 1. The van der Waals surface area contributed by atoms with Gasteiger partial charge in [0.25, 0.3) is 5.91 Å². The summed E-state index contributed by atoms with van der Waals surface area (Å²) in [6.07, 6.45) is 0. The summed E-state index contributed by atoms with van der Waals surface area (Å²) in [4.78, 5) is 22.5. The molecule has 0 saturated carbocycles. The van der Waals surface area contributed by atoms with E-state index in [1.165, 1.54) is 0 Å². The number of aromatic carboxylic acids is 1. The third-order valence-electron chi connectivity index (χ3n) is 3.00. The van der Waals surface area contributed by atoms with Crippen LogP contribution in [0.1, 0.15) is 20.8 Å². The van der Waals surface area contributed by atoms with Gasteiger partial charge in [0, 0.05) is 24.0 Å². The van der Waals surface area contributed by atoms with E-state index >= 15 is 0 Å². The summed E-state index contributed by atoms with van der Waals surface area (Å²) in [5.74, 6) is -1.06. The Labute approximate surface area is 96.7 Å². The SMILES string of the molecule is O=C(O)c1ccc2c(c1)cc1n2CCNC1=O. The summed E-state index contributed by atoms with van der Waals surface area (Å²) in [6.45, 7) is 1.33. The second-order valence-corrected chi connectivity index (χ2v) is 4.02. The summed E-state index contributed by atoms with van der Waals surface area (Å²) in [7, 11) is 0. The van der Waals surface area contributed by atoms with Crippen LogP contribution < -0.4 is 5.32 Å². The fourth-order valence-electron chi connectivity index (χ4n) is 2.20. The number of fused-ring (bicyclic) bond motifs is 3. The van der Waals surface area contributed by atoms with Gasteiger partial charge in [0.1, 0.15) is 5.69 Å². The fraction of sp³-hybridized carbons (Fsp3) is 0.167. The van der Waals surface area contributed by atoms with Crippen LogP contribution in [0.4, 0.5) is 0 Å². The Kier molecular flexibility index (Phi) is 1.95. The van der Waals surface area contributed by atoms with Crippen LogP contribution in [0.2, 0.25) is 0 Å². The summed E-state index contributed by atoms with van der Waals surface area (Å²) in [6, 6.07) is 6.64. The molecule has 3 rings (SSSR count). The summed E-state index contributed by atoms with van der Waals surface area (Å²) in [5, 5.41) is 12.5. The van der Waals surface area contributed by atoms with Crippen LogP contribution in [0.15, 0.2) is 24.3 Å². The number of benzene rings is 1. The Morgan fingerprint density at radius 1 is 1.35 bits per heavy atom. The van der Waals surface area contributed by atoms with Crippen molar-refractivity contribution >= 4 is 22.8 Å². The lowest BCUT2D eigenvalue weighted by Gasteiger charge is -2.16. The molecule has 2 heterocycles. The third-order valence-corrected chi connectivity index (χ3v) is 3.00. The molecule has 1 aliphatic heterocycles. The molecule has 0 unspecified atom stereocenters. The number of nitrogens with one attached hydrogen (secondary N) is 1. The summed E-state index contributed by atoms with van der Waals surface area (Å²) < 4.78 is 1.92. The summed E-state index contributed by atoms with van der Waals surface area (Å²) in [5.41, 5.74) is 1.73. The number of amides is 1. The first-order valence-corrected chi connectivity index (χ1v) is 5.31. The first kappa shape index (κ1) is 9.89. The molecule has 0 saturated heterocycles. The van der Waals surface area contributed by atoms with Gasteiger partial charge in [-0.25, -0.2) is 4.79 Å². The van der Waals surface area contributed by atoms with Gasteiger partial charge in [0.15, 0.2) is 0 Å². The minimum atomic E-state index is -0.958. The largest absolute Gasteiger partial charge is 0.478 e. The lowest BCUT2D eigenvalue weighted by Crippen LogP contribution is -2.34. The monoisotopic (exact) mass is 230 g/mol. The van der Waals surface area contributed by atoms with E-state index in [0.29, 0.717) is 12.2 Å². The molecular weight excluding hydrogens is 220 g/mol. The maximum absolute atomic E-state index is 11.6. The number of hydrogen-bond acceptors (Lipinski definition) is 2. The van der Waals surface area contributed by atoms with Gasteiger partial charge in [0.2, 0.25) is 0 Å². The lowest BCUT2D eigenvalue weighted by atomic mass is 10.1. The van der Waals surface area contributed by atoms with Crippen molar-refractivity contribution < 1.29 is 14.7 Å². The predicted octanol–water partition coefficient (Wildman–Crippen LogP) is 1.08. The van der Waals surface area contributed by atoms with Crippen LogP contribution in [0.3, 0.4) is 0 Å². The van der Waals surface area contributed by atoms with Gasteiger partial charge >= 0.3 is 5.97 Å². The molecule has 0 fully saturated rings. The van der Waals surface area contributed by atoms with Crippen molar-refractivity contribution in [2.75, 3.05) is 6.54 Å². The van der Waals surface area contributed by atoms with Gasteiger partial charge in [-0.1, -0.05) is 0 Å². The number of carbonyl (C=O) groups excluding carboxylic acids is 1. The molecule has 1 aromatic heterocycles. The number of aromatic nitrogens is 1. The molecule has 0 atom stereocenters. The van der Waals surface area contributed by atoms with Crippen LogP contribution >= 0.6 is 0 Å². The Morgan fingerprint density at radius 2 is 2.18 bits per heavy atom. The number of carboxylic acid groups (broad SMARTS) is 1. The number of hydrogen-bond donors (Lipinski definition) is 2. The van der Waals surface area contributed by atoms with E-state index in [1.54, 1.807) is 24.3 Å². The standard InChI is InChI=1S/C12H10N2O3/c15-11-10-6-8-5-7(12(16)17)1-2-9(8)14(10)4-3-13-11/h1-2,5-6H,3-4H2,(H,13,15)(H,16,17).